The van der Waals surface area contributed by atoms with Crippen LogP contribution in [0.25, 0.3) is 6.08 Å². The Balaban J connectivity index is 2.09. The summed E-state index contributed by atoms with van der Waals surface area (Å²) in [5, 5.41) is 3.32. The Morgan fingerprint density at radius 1 is 1.29 bits per heavy atom. The van der Waals surface area contributed by atoms with E-state index in [1.165, 1.54) is 11.8 Å². The Morgan fingerprint density at radius 2 is 2.06 bits per heavy atom. The van der Waals surface area contributed by atoms with Crippen LogP contribution in [0.4, 0.5) is 0 Å². The lowest BCUT2D eigenvalue weighted by molar-refractivity contribution is -0.115. The number of nitrogens with zero attached hydrogens (tertiary/aromatic N) is 1. The van der Waals surface area contributed by atoms with E-state index in [4.69, 9.17) is 0 Å². The van der Waals surface area contributed by atoms with Crippen LogP contribution in [0.5, 0.6) is 0 Å². The molecule has 1 aromatic rings. The van der Waals surface area contributed by atoms with E-state index in [-0.39, 0.29) is 5.91 Å². The van der Waals surface area contributed by atoms with Crippen molar-refractivity contribution in [2.24, 2.45) is 4.99 Å². The summed E-state index contributed by atoms with van der Waals surface area (Å²) < 4.78 is 0. The minimum absolute atomic E-state index is 0.146. The van der Waals surface area contributed by atoms with Crippen molar-refractivity contribution in [1.29, 1.82) is 0 Å². The Bertz CT molecular complexity index is 503. The van der Waals surface area contributed by atoms with Crippen molar-refractivity contribution >= 4 is 28.9 Å². The van der Waals surface area contributed by atoms with Gasteiger partial charge in [0.05, 0.1) is 0 Å². The van der Waals surface area contributed by atoms with Crippen LogP contribution >= 0.6 is 11.8 Å². The van der Waals surface area contributed by atoms with Gasteiger partial charge in [-0.1, -0.05) is 54.2 Å². The first-order valence-corrected chi connectivity index (χ1v) is 6.39. The highest BCUT2D eigenvalue weighted by atomic mass is 32.2. The van der Waals surface area contributed by atoms with Crippen LogP contribution in [0, 0.1) is 0 Å². The van der Waals surface area contributed by atoms with Gasteiger partial charge in [0.15, 0.2) is 5.17 Å². The molecular formula is C13H12N2OS. The lowest BCUT2D eigenvalue weighted by Crippen LogP contribution is -2.21. The lowest BCUT2D eigenvalue weighted by Gasteiger charge is -1.90. The second-order valence-corrected chi connectivity index (χ2v) is 4.19. The van der Waals surface area contributed by atoms with Gasteiger partial charge >= 0.3 is 0 Å². The van der Waals surface area contributed by atoms with Crippen LogP contribution in [0.1, 0.15) is 5.56 Å². The average molecular weight is 244 g/mol. The Labute approximate surface area is 104 Å². The predicted molar refractivity (Wildman–Crippen MR) is 72.7 cm³/mol. The number of thioether (sulfide) groups is 1. The van der Waals surface area contributed by atoms with E-state index in [9.17, 15) is 4.79 Å². The molecule has 0 spiro atoms. The molecule has 0 aromatic heterocycles. The maximum Gasteiger partial charge on any atom is 0.275 e. The summed E-state index contributed by atoms with van der Waals surface area (Å²) in [7, 11) is 0. The van der Waals surface area contributed by atoms with Crippen LogP contribution in [0.2, 0.25) is 0 Å². The minimum Gasteiger partial charge on any atom is -0.300 e. The summed E-state index contributed by atoms with van der Waals surface area (Å²) in [6, 6.07) is 9.91. The molecule has 0 aliphatic carbocycles. The topological polar surface area (TPSA) is 41.5 Å². The van der Waals surface area contributed by atoms with Gasteiger partial charge in [-0.3, -0.25) is 10.1 Å². The second-order valence-electron chi connectivity index (χ2n) is 3.40. The van der Waals surface area contributed by atoms with E-state index in [0.717, 1.165) is 5.56 Å². The average Bonchev–Trinajstić information content (AvgIpc) is 2.72. The molecule has 17 heavy (non-hydrogen) atoms. The largest absolute Gasteiger partial charge is 0.300 e. The Morgan fingerprint density at radius 3 is 2.71 bits per heavy atom. The number of carbonyl (C=O) groups is 1. The van der Waals surface area contributed by atoms with Crippen molar-refractivity contribution in [3.63, 3.8) is 0 Å². The van der Waals surface area contributed by atoms with Crippen molar-refractivity contribution in [3.8, 4) is 0 Å². The van der Waals surface area contributed by atoms with Crippen molar-refractivity contribution in [1.82, 2.24) is 5.32 Å². The highest BCUT2D eigenvalue weighted by molar-refractivity contribution is 8.13. The van der Waals surface area contributed by atoms with Crippen LogP contribution in [-0.4, -0.2) is 17.3 Å². The SMILES string of the molecule is CSC1=N/C(=C\C=C\c2ccccc2)C(=O)N1. The smallest absolute Gasteiger partial charge is 0.275 e. The summed E-state index contributed by atoms with van der Waals surface area (Å²) >= 11 is 1.42. The highest BCUT2D eigenvalue weighted by Gasteiger charge is 2.17. The minimum atomic E-state index is -0.146. The summed E-state index contributed by atoms with van der Waals surface area (Å²) in [4.78, 5) is 15.6. The van der Waals surface area contributed by atoms with Gasteiger partial charge in [-0.25, -0.2) is 4.99 Å². The molecule has 2 rings (SSSR count). The number of nitrogens with one attached hydrogen (secondary N) is 1. The molecule has 0 saturated carbocycles. The number of rotatable bonds is 2. The van der Waals surface area contributed by atoms with Crippen molar-refractivity contribution in [3.05, 3.63) is 53.7 Å². The third-order valence-corrected chi connectivity index (χ3v) is 2.79. The van der Waals surface area contributed by atoms with Gasteiger partial charge in [-0.15, -0.1) is 0 Å². The molecule has 1 heterocycles. The van der Waals surface area contributed by atoms with E-state index in [2.05, 4.69) is 10.3 Å². The standard InChI is InChI=1S/C13H12N2OS/c1-17-13-14-11(12(16)15-13)9-5-8-10-6-3-2-4-7-10/h2-9H,1H3,(H,14,15,16)/b8-5+,11-9-. The monoisotopic (exact) mass is 244 g/mol. The highest BCUT2D eigenvalue weighted by Crippen LogP contribution is 2.11. The summed E-state index contributed by atoms with van der Waals surface area (Å²) in [6.45, 7) is 0. The van der Waals surface area contributed by atoms with E-state index >= 15 is 0 Å². The Kier molecular flexibility index (Phi) is 3.77. The maximum atomic E-state index is 11.4. The number of allylic oxidation sites excluding steroid dienone is 2. The normalized spacial score (nSPS) is 17.6. The van der Waals surface area contributed by atoms with E-state index < -0.39 is 0 Å². The third-order valence-electron chi connectivity index (χ3n) is 2.21. The van der Waals surface area contributed by atoms with Crippen molar-refractivity contribution < 1.29 is 4.79 Å². The zero-order valence-corrected chi connectivity index (χ0v) is 10.2. The van der Waals surface area contributed by atoms with Crippen LogP contribution in [-0.2, 0) is 4.79 Å². The zero-order chi connectivity index (χ0) is 12.1. The van der Waals surface area contributed by atoms with Gasteiger partial charge in [0.1, 0.15) is 5.70 Å². The van der Waals surface area contributed by atoms with Gasteiger partial charge in [0, 0.05) is 0 Å². The number of benzene rings is 1. The molecule has 0 bridgehead atoms. The van der Waals surface area contributed by atoms with Crippen LogP contribution in [0.3, 0.4) is 0 Å². The van der Waals surface area contributed by atoms with Gasteiger partial charge in [-0.05, 0) is 17.9 Å². The van der Waals surface area contributed by atoms with Gasteiger partial charge in [0.2, 0.25) is 0 Å². The van der Waals surface area contributed by atoms with Crippen LogP contribution < -0.4 is 5.32 Å². The molecule has 1 aliphatic heterocycles. The van der Waals surface area contributed by atoms with Crippen molar-refractivity contribution in [2.45, 2.75) is 0 Å². The van der Waals surface area contributed by atoms with Gasteiger partial charge < -0.3 is 0 Å². The van der Waals surface area contributed by atoms with E-state index in [1.807, 2.05) is 48.7 Å². The fraction of sp³-hybridized carbons (Fsp3) is 0.0769. The van der Waals surface area contributed by atoms with Crippen molar-refractivity contribution in [2.75, 3.05) is 6.26 Å². The number of carbonyl (C=O) groups excluding carboxylic acids is 1. The number of amides is 1. The quantitative estimate of drug-likeness (QED) is 0.812. The number of hydrogen-bond donors (Lipinski definition) is 1. The first-order valence-electron chi connectivity index (χ1n) is 5.17. The van der Waals surface area contributed by atoms with E-state index in [0.29, 0.717) is 10.9 Å². The molecule has 1 amide bonds. The number of amidine groups is 1. The number of hydrogen-bond acceptors (Lipinski definition) is 3. The molecule has 0 fully saturated rings. The Hall–Kier alpha value is -1.81. The second kappa shape index (κ2) is 5.50. The molecule has 0 radical (unpaired) electrons. The molecule has 4 heteroatoms. The lowest BCUT2D eigenvalue weighted by atomic mass is 10.2. The fourth-order valence-electron chi connectivity index (χ4n) is 1.37. The maximum absolute atomic E-state index is 11.4. The van der Waals surface area contributed by atoms with Crippen LogP contribution in [0.15, 0.2) is 53.2 Å². The molecule has 86 valence electrons. The predicted octanol–water partition coefficient (Wildman–Crippen LogP) is 2.43. The number of aliphatic imine (C=N–C) groups is 1. The van der Waals surface area contributed by atoms with E-state index in [1.54, 1.807) is 6.08 Å². The summed E-state index contributed by atoms with van der Waals surface area (Å²) in [6.07, 6.45) is 7.36. The first-order chi connectivity index (χ1) is 8.29. The molecule has 1 aliphatic rings. The molecule has 3 nitrogen and oxygen atoms in total. The summed E-state index contributed by atoms with van der Waals surface area (Å²) in [5.74, 6) is -0.146. The molecule has 1 N–H and O–H groups in total. The third kappa shape index (κ3) is 3.07. The fourth-order valence-corrected chi connectivity index (χ4v) is 1.76. The summed E-state index contributed by atoms with van der Waals surface area (Å²) in [5.41, 5.74) is 1.54. The zero-order valence-electron chi connectivity index (χ0n) is 9.38. The van der Waals surface area contributed by atoms with Gasteiger partial charge in [-0.2, -0.15) is 0 Å². The molecular weight excluding hydrogens is 232 g/mol. The molecule has 0 atom stereocenters. The molecule has 0 saturated heterocycles. The van der Waals surface area contributed by atoms with Gasteiger partial charge in [0.25, 0.3) is 5.91 Å². The first kappa shape index (κ1) is 11.7. The molecule has 1 aromatic carbocycles. The molecule has 0 unspecified atom stereocenters.